The summed E-state index contributed by atoms with van der Waals surface area (Å²) in [5.41, 5.74) is -2.17. The van der Waals surface area contributed by atoms with Gasteiger partial charge in [-0.05, 0) is 25.7 Å². The lowest BCUT2D eigenvalue weighted by Gasteiger charge is -2.39. The molecule has 2 fully saturated rings. The summed E-state index contributed by atoms with van der Waals surface area (Å²) in [6.07, 6.45) is 1.31. The number of piperidine rings is 1. The monoisotopic (exact) mass is 345 g/mol. The largest absolute Gasteiger partial charge is 0.432 e. The molecule has 0 aromatic carbocycles. The zero-order chi connectivity index (χ0) is 17.4. The molecular formula is C16H22F3N3O2. The molecule has 2 N–H and O–H groups in total. The Labute approximate surface area is 138 Å². The first-order chi connectivity index (χ1) is 11.3. The number of H-pyrrole nitrogens is 1. The molecular weight excluding hydrogens is 323 g/mol. The highest BCUT2D eigenvalue weighted by Gasteiger charge is 2.42. The molecule has 0 unspecified atom stereocenters. The van der Waals surface area contributed by atoms with Gasteiger partial charge in [-0.3, -0.25) is 4.79 Å². The van der Waals surface area contributed by atoms with Crippen LogP contribution >= 0.6 is 0 Å². The normalized spacial score (nSPS) is 24.8. The highest BCUT2D eigenvalue weighted by molar-refractivity contribution is 5.85. The van der Waals surface area contributed by atoms with Crippen molar-refractivity contribution in [3.05, 3.63) is 17.7 Å². The molecule has 8 heteroatoms. The van der Waals surface area contributed by atoms with Crippen molar-refractivity contribution in [3.63, 3.8) is 0 Å². The fourth-order valence-electron chi connectivity index (χ4n) is 3.72. The van der Waals surface area contributed by atoms with Crippen LogP contribution in [0.4, 0.5) is 13.2 Å². The second-order valence-corrected chi connectivity index (χ2v) is 6.86. The van der Waals surface area contributed by atoms with Crippen molar-refractivity contribution in [2.75, 3.05) is 13.1 Å². The van der Waals surface area contributed by atoms with Gasteiger partial charge >= 0.3 is 6.18 Å². The Balaban J connectivity index is 1.70. The smallest absolute Gasteiger partial charge is 0.380 e. The van der Waals surface area contributed by atoms with E-state index in [1.807, 2.05) is 0 Å². The molecule has 2 aliphatic rings. The van der Waals surface area contributed by atoms with Crippen LogP contribution in [0.2, 0.25) is 0 Å². The lowest BCUT2D eigenvalue weighted by Crippen LogP contribution is -2.52. The number of amides is 1. The summed E-state index contributed by atoms with van der Waals surface area (Å²) < 4.78 is 38.1. The molecule has 0 spiro atoms. The van der Waals surface area contributed by atoms with Crippen LogP contribution in [0.15, 0.2) is 6.20 Å². The van der Waals surface area contributed by atoms with Gasteiger partial charge in [0.15, 0.2) is 0 Å². The van der Waals surface area contributed by atoms with Crippen LogP contribution in [0.3, 0.4) is 0 Å². The van der Waals surface area contributed by atoms with Crippen LogP contribution in [0.1, 0.15) is 62.4 Å². The molecule has 134 valence electrons. The number of alkyl halides is 3. The van der Waals surface area contributed by atoms with Gasteiger partial charge in [-0.1, -0.05) is 19.3 Å². The summed E-state index contributed by atoms with van der Waals surface area (Å²) in [4.78, 5) is 20.5. The summed E-state index contributed by atoms with van der Waals surface area (Å²) in [6, 6.07) is 0. The quantitative estimate of drug-likeness (QED) is 0.866. The Bertz CT molecular complexity index is 594. The standard InChI is InChI=1S/C16H22F3N3O2/c17-16(18,19)12-9-20-13(21-12)11-5-4-8-22(10-11)14(23)15(24)6-2-1-3-7-15/h9,11,24H,1-8,10H2,(H,20,21)/t11-/m0/s1. The summed E-state index contributed by atoms with van der Waals surface area (Å²) >= 11 is 0. The number of hydrogen-bond donors (Lipinski definition) is 2. The number of carbonyl (C=O) groups is 1. The topological polar surface area (TPSA) is 69.2 Å². The first kappa shape index (κ1) is 17.3. The Hall–Kier alpha value is -1.57. The van der Waals surface area contributed by atoms with Crippen LogP contribution in [-0.2, 0) is 11.0 Å². The molecule has 1 saturated heterocycles. The molecule has 2 heterocycles. The molecule has 1 amide bonds. The highest BCUT2D eigenvalue weighted by Crippen LogP contribution is 2.34. The highest BCUT2D eigenvalue weighted by atomic mass is 19.4. The van der Waals surface area contributed by atoms with Gasteiger partial charge in [-0.25, -0.2) is 4.98 Å². The molecule has 1 atom stereocenters. The molecule has 24 heavy (non-hydrogen) atoms. The van der Waals surface area contributed by atoms with Crippen molar-refractivity contribution in [1.82, 2.24) is 14.9 Å². The average molecular weight is 345 g/mol. The van der Waals surface area contributed by atoms with Crippen LogP contribution < -0.4 is 0 Å². The van der Waals surface area contributed by atoms with Gasteiger partial charge in [0, 0.05) is 19.0 Å². The number of aromatic amines is 1. The Kier molecular flexibility index (Phi) is 4.59. The fraction of sp³-hybridized carbons (Fsp3) is 0.750. The van der Waals surface area contributed by atoms with Crippen molar-refractivity contribution in [1.29, 1.82) is 0 Å². The molecule has 0 radical (unpaired) electrons. The minimum atomic E-state index is -4.45. The van der Waals surface area contributed by atoms with Crippen molar-refractivity contribution in [3.8, 4) is 0 Å². The summed E-state index contributed by atoms with van der Waals surface area (Å²) in [5, 5.41) is 10.6. The van der Waals surface area contributed by atoms with Gasteiger partial charge in [-0.2, -0.15) is 13.2 Å². The third-order valence-corrected chi connectivity index (χ3v) is 5.07. The number of likely N-dealkylation sites (tertiary alicyclic amines) is 1. The van der Waals surface area contributed by atoms with E-state index in [9.17, 15) is 23.1 Å². The van der Waals surface area contributed by atoms with Gasteiger partial charge < -0.3 is 15.0 Å². The number of carbonyl (C=O) groups excluding carboxylic acids is 1. The van der Waals surface area contributed by atoms with Crippen molar-refractivity contribution >= 4 is 5.91 Å². The third kappa shape index (κ3) is 3.43. The van der Waals surface area contributed by atoms with E-state index in [2.05, 4.69) is 9.97 Å². The number of imidazole rings is 1. The van der Waals surface area contributed by atoms with Crippen LogP contribution in [-0.4, -0.2) is 44.6 Å². The zero-order valence-electron chi connectivity index (χ0n) is 13.4. The van der Waals surface area contributed by atoms with E-state index in [1.165, 1.54) is 0 Å². The maximum Gasteiger partial charge on any atom is 0.432 e. The van der Waals surface area contributed by atoms with E-state index in [0.29, 0.717) is 38.8 Å². The van der Waals surface area contributed by atoms with E-state index >= 15 is 0 Å². The predicted molar refractivity (Wildman–Crippen MR) is 80.2 cm³/mol. The van der Waals surface area contributed by atoms with E-state index in [1.54, 1.807) is 4.90 Å². The van der Waals surface area contributed by atoms with Crippen LogP contribution in [0.25, 0.3) is 0 Å². The summed E-state index contributed by atoms with van der Waals surface area (Å²) in [5.74, 6) is -0.282. The Morgan fingerprint density at radius 1 is 1.29 bits per heavy atom. The number of hydrogen-bond acceptors (Lipinski definition) is 3. The molecule has 0 bridgehead atoms. The molecule has 1 saturated carbocycles. The molecule has 5 nitrogen and oxygen atoms in total. The van der Waals surface area contributed by atoms with Crippen LogP contribution in [0, 0.1) is 0 Å². The number of rotatable bonds is 2. The molecule has 1 aromatic rings. The van der Waals surface area contributed by atoms with E-state index in [0.717, 1.165) is 25.5 Å². The van der Waals surface area contributed by atoms with Crippen molar-refractivity contribution < 1.29 is 23.1 Å². The lowest BCUT2D eigenvalue weighted by atomic mass is 9.83. The number of halogens is 3. The van der Waals surface area contributed by atoms with Gasteiger partial charge in [0.2, 0.25) is 0 Å². The molecule has 1 aromatic heterocycles. The van der Waals surface area contributed by atoms with E-state index < -0.39 is 17.5 Å². The first-order valence-corrected chi connectivity index (χ1v) is 8.43. The number of nitrogens with zero attached hydrogens (tertiary/aromatic N) is 2. The number of aliphatic hydroxyl groups is 1. The molecule has 1 aliphatic heterocycles. The zero-order valence-corrected chi connectivity index (χ0v) is 13.4. The second kappa shape index (κ2) is 6.38. The summed E-state index contributed by atoms with van der Waals surface area (Å²) in [6.45, 7) is 0.830. The maximum atomic E-state index is 12.7. The van der Waals surface area contributed by atoms with Crippen molar-refractivity contribution in [2.45, 2.75) is 62.6 Å². The fourth-order valence-corrected chi connectivity index (χ4v) is 3.72. The van der Waals surface area contributed by atoms with E-state index in [4.69, 9.17) is 0 Å². The minimum Gasteiger partial charge on any atom is -0.380 e. The minimum absolute atomic E-state index is 0.258. The Morgan fingerprint density at radius 2 is 2.00 bits per heavy atom. The average Bonchev–Trinajstić information content (AvgIpc) is 3.05. The SMILES string of the molecule is O=C(N1CCC[C@H](c2ncc(C(F)(F)F)[nH]2)C1)C1(O)CCCCC1. The third-order valence-electron chi connectivity index (χ3n) is 5.07. The van der Waals surface area contributed by atoms with E-state index in [-0.39, 0.29) is 17.6 Å². The second-order valence-electron chi connectivity index (χ2n) is 6.86. The summed E-state index contributed by atoms with van der Waals surface area (Å²) in [7, 11) is 0. The predicted octanol–water partition coefficient (Wildman–Crippen LogP) is 2.83. The Morgan fingerprint density at radius 3 is 2.62 bits per heavy atom. The molecule has 3 rings (SSSR count). The number of aromatic nitrogens is 2. The maximum absolute atomic E-state index is 12.7. The van der Waals surface area contributed by atoms with Gasteiger partial charge in [0.1, 0.15) is 17.1 Å². The lowest BCUT2D eigenvalue weighted by molar-refractivity contribution is -0.156. The van der Waals surface area contributed by atoms with Gasteiger partial charge in [0.05, 0.1) is 6.20 Å². The van der Waals surface area contributed by atoms with Gasteiger partial charge in [0.25, 0.3) is 5.91 Å². The number of nitrogens with one attached hydrogen (secondary N) is 1. The van der Waals surface area contributed by atoms with Gasteiger partial charge in [-0.15, -0.1) is 0 Å². The molecule has 1 aliphatic carbocycles. The van der Waals surface area contributed by atoms with Crippen molar-refractivity contribution in [2.24, 2.45) is 0 Å². The van der Waals surface area contributed by atoms with Crippen LogP contribution in [0.5, 0.6) is 0 Å². The first-order valence-electron chi connectivity index (χ1n) is 8.43.